The average molecular weight is 323 g/mol. The molecule has 100 valence electrons. The molecule has 0 aliphatic heterocycles. The molecule has 0 unspecified atom stereocenters. The van der Waals surface area contributed by atoms with Gasteiger partial charge in [-0.2, -0.15) is 0 Å². The van der Waals surface area contributed by atoms with E-state index >= 15 is 0 Å². The summed E-state index contributed by atoms with van der Waals surface area (Å²) < 4.78 is 17.2. The first kappa shape index (κ1) is 13.7. The predicted molar refractivity (Wildman–Crippen MR) is 78.0 cm³/mol. The first-order valence-corrected chi connectivity index (χ1v) is 6.61. The molecule has 0 aliphatic carbocycles. The van der Waals surface area contributed by atoms with Gasteiger partial charge in [0.05, 0.1) is 14.2 Å². The Hall–Kier alpha value is -1.68. The van der Waals surface area contributed by atoms with Crippen LogP contribution in [0.25, 0.3) is 0 Å². The van der Waals surface area contributed by atoms with E-state index < -0.39 is 0 Å². The van der Waals surface area contributed by atoms with E-state index in [1.807, 2.05) is 42.5 Å². The standard InChI is InChI=1S/C15H15BrO3/c1-17-12-7-13(18-2)9-14(8-12)19-10-11-5-3-4-6-15(11)16/h3-9H,10H2,1-2H3. The van der Waals surface area contributed by atoms with Gasteiger partial charge in [0.1, 0.15) is 23.9 Å². The van der Waals surface area contributed by atoms with E-state index in [9.17, 15) is 0 Å². The van der Waals surface area contributed by atoms with Gasteiger partial charge in [0.2, 0.25) is 0 Å². The van der Waals surface area contributed by atoms with Crippen LogP contribution in [0.2, 0.25) is 0 Å². The Kier molecular flexibility index (Phi) is 4.68. The van der Waals surface area contributed by atoms with Crippen molar-refractivity contribution in [1.29, 1.82) is 0 Å². The molecule has 0 N–H and O–H groups in total. The summed E-state index contributed by atoms with van der Waals surface area (Å²) in [5, 5.41) is 0. The van der Waals surface area contributed by atoms with E-state index in [0.29, 0.717) is 23.9 Å². The van der Waals surface area contributed by atoms with Gasteiger partial charge in [0.25, 0.3) is 0 Å². The van der Waals surface area contributed by atoms with E-state index in [1.54, 1.807) is 14.2 Å². The fourth-order valence-electron chi connectivity index (χ4n) is 1.64. The fraction of sp³-hybridized carbons (Fsp3) is 0.200. The minimum atomic E-state index is 0.484. The highest BCUT2D eigenvalue weighted by Crippen LogP contribution is 2.28. The maximum Gasteiger partial charge on any atom is 0.127 e. The van der Waals surface area contributed by atoms with E-state index in [2.05, 4.69) is 15.9 Å². The van der Waals surface area contributed by atoms with Crippen molar-refractivity contribution in [3.05, 3.63) is 52.5 Å². The molecule has 0 aliphatic rings. The van der Waals surface area contributed by atoms with Gasteiger partial charge in [0.15, 0.2) is 0 Å². The van der Waals surface area contributed by atoms with Crippen molar-refractivity contribution in [3.8, 4) is 17.2 Å². The molecule has 0 amide bonds. The third-order valence-corrected chi connectivity index (χ3v) is 3.45. The lowest BCUT2D eigenvalue weighted by molar-refractivity contribution is 0.300. The highest BCUT2D eigenvalue weighted by molar-refractivity contribution is 9.10. The Balaban J connectivity index is 2.13. The lowest BCUT2D eigenvalue weighted by atomic mass is 10.2. The lowest BCUT2D eigenvalue weighted by Gasteiger charge is -2.11. The van der Waals surface area contributed by atoms with Gasteiger partial charge in [-0.1, -0.05) is 34.1 Å². The largest absolute Gasteiger partial charge is 0.496 e. The minimum Gasteiger partial charge on any atom is -0.496 e. The van der Waals surface area contributed by atoms with Crippen LogP contribution in [0.1, 0.15) is 5.56 Å². The molecule has 0 spiro atoms. The van der Waals surface area contributed by atoms with Crippen LogP contribution in [0.4, 0.5) is 0 Å². The molecule has 19 heavy (non-hydrogen) atoms. The quantitative estimate of drug-likeness (QED) is 0.831. The third-order valence-electron chi connectivity index (χ3n) is 2.68. The molecule has 0 saturated heterocycles. The van der Waals surface area contributed by atoms with E-state index in [0.717, 1.165) is 10.0 Å². The number of halogens is 1. The monoisotopic (exact) mass is 322 g/mol. The molecule has 0 radical (unpaired) electrons. The molecule has 2 rings (SSSR count). The number of rotatable bonds is 5. The molecular weight excluding hydrogens is 308 g/mol. The zero-order chi connectivity index (χ0) is 13.7. The second kappa shape index (κ2) is 6.48. The Bertz CT molecular complexity index is 533. The normalized spacial score (nSPS) is 10.1. The number of ether oxygens (including phenoxy) is 3. The van der Waals surface area contributed by atoms with Crippen molar-refractivity contribution in [1.82, 2.24) is 0 Å². The Morgan fingerprint density at radius 1 is 0.895 bits per heavy atom. The van der Waals surface area contributed by atoms with E-state index in [4.69, 9.17) is 14.2 Å². The van der Waals surface area contributed by atoms with Crippen LogP contribution in [-0.4, -0.2) is 14.2 Å². The van der Waals surface area contributed by atoms with Gasteiger partial charge in [-0.05, 0) is 6.07 Å². The van der Waals surface area contributed by atoms with Gasteiger partial charge < -0.3 is 14.2 Å². The van der Waals surface area contributed by atoms with Gasteiger partial charge in [-0.25, -0.2) is 0 Å². The second-order valence-corrected chi connectivity index (χ2v) is 4.78. The topological polar surface area (TPSA) is 27.7 Å². The summed E-state index contributed by atoms with van der Waals surface area (Å²) in [7, 11) is 3.23. The smallest absolute Gasteiger partial charge is 0.127 e. The zero-order valence-electron chi connectivity index (χ0n) is 10.9. The van der Waals surface area contributed by atoms with Crippen LogP contribution in [-0.2, 0) is 6.61 Å². The lowest BCUT2D eigenvalue weighted by Crippen LogP contribution is -1.97. The van der Waals surface area contributed by atoms with Gasteiger partial charge in [0, 0.05) is 28.2 Å². The van der Waals surface area contributed by atoms with Crippen LogP contribution in [0.3, 0.4) is 0 Å². The Morgan fingerprint density at radius 3 is 2.05 bits per heavy atom. The molecular formula is C15H15BrO3. The van der Waals surface area contributed by atoms with Crippen molar-refractivity contribution in [3.63, 3.8) is 0 Å². The molecule has 2 aromatic rings. The SMILES string of the molecule is COc1cc(OC)cc(OCc2ccccc2Br)c1. The van der Waals surface area contributed by atoms with Gasteiger partial charge in [-0.3, -0.25) is 0 Å². The average Bonchev–Trinajstić information content (AvgIpc) is 2.46. The molecule has 0 fully saturated rings. The number of benzene rings is 2. The van der Waals surface area contributed by atoms with Crippen LogP contribution in [0, 0.1) is 0 Å². The first-order valence-electron chi connectivity index (χ1n) is 5.82. The molecule has 0 aromatic heterocycles. The summed E-state index contributed by atoms with van der Waals surface area (Å²) in [5.41, 5.74) is 1.09. The fourth-order valence-corrected chi connectivity index (χ4v) is 2.04. The minimum absolute atomic E-state index is 0.484. The Morgan fingerprint density at radius 2 is 1.47 bits per heavy atom. The molecule has 4 heteroatoms. The molecule has 3 nitrogen and oxygen atoms in total. The molecule has 2 aromatic carbocycles. The summed E-state index contributed by atoms with van der Waals surface area (Å²) in [6.45, 7) is 0.484. The maximum atomic E-state index is 5.77. The summed E-state index contributed by atoms with van der Waals surface area (Å²) in [5.74, 6) is 2.13. The maximum absolute atomic E-state index is 5.77. The van der Waals surface area contributed by atoms with Crippen molar-refractivity contribution in [2.45, 2.75) is 6.61 Å². The third kappa shape index (κ3) is 3.64. The van der Waals surface area contributed by atoms with Crippen LogP contribution in [0.5, 0.6) is 17.2 Å². The summed E-state index contributed by atoms with van der Waals surface area (Å²) in [6.07, 6.45) is 0. The predicted octanol–water partition coefficient (Wildman–Crippen LogP) is 4.05. The zero-order valence-corrected chi connectivity index (χ0v) is 12.4. The van der Waals surface area contributed by atoms with E-state index in [1.165, 1.54) is 0 Å². The van der Waals surface area contributed by atoms with Crippen molar-refractivity contribution in [2.75, 3.05) is 14.2 Å². The molecule has 0 bridgehead atoms. The van der Waals surface area contributed by atoms with Crippen LogP contribution in [0.15, 0.2) is 46.9 Å². The summed E-state index contributed by atoms with van der Waals surface area (Å²) in [4.78, 5) is 0. The highest BCUT2D eigenvalue weighted by Gasteiger charge is 2.04. The highest BCUT2D eigenvalue weighted by atomic mass is 79.9. The molecule has 0 heterocycles. The Labute approximate surface area is 121 Å². The van der Waals surface area contributed by atoms with Gasteiger partial charge in [-0.15, -0.1) is 0 Å². The van der Waals surface area contributed by atoms with Crippen LogP contribution >= 0.6 is 15.9 Å². The number of methoxy groups -OCH3 is 2. The van der Waals surface area contributed by atoms with Crippen molar-refractivity contribution >= 4 is 15.9 Å². The first-order chi connectivity index (χ1) is 9.22. The molecule has 0 saturated carbocycles. The number of hydrogen-bond acceptors (Lipinski definition) is 3. The van der Waals surface area contributed by atoms with Crippen molar-refractivity contribution < 1.29 is 14.2 Å². The van der Waals surface area contributed by atoms with Crippen molar-refractivity contribution in [2.24, 2.45) is 0 Å². The van der Waals surface area contributed by atoms with E-state index in [-0.39, 0.29) is 0 Å². The van der Waals surface area contributed by atoms with Crippen LogP contribution < -0.4 is 14.2 Å². The summed E-state index contributed by atoms with van der Waals surface area (Å²) >= 11 is 3.50. The second-order valence-electron chi connectivity index (χ2n) is 3.93. The van der Waals surface area contributed by atoms with Gasteiger partial charge >= 0.3 is 0 Å². The molecule has 0 atom stereocenters. The number of hydrogen-bond donors (Lipinski definition) is 0. The summed E-state index contributed by atoms with van der Waals surface area (Å²) in [6, 6.07) is 13.4.